The third kappa shape index (κ3) is 4.97. The summed E-state index contributed by atoms with van der Waals surface area (Å²) in [5, 5.41) is 11.3. The Labute approximate surface area is 205 Å². The van der Waals surface area contributed by atoms with E-state index in [1.54, 1.807) is 48.8 Å². The molecule has 180 valence electrons. The number of aliphatic hydroxyl groups is 1. The molecule has 0 saturated carbocycles. The Balaban J connectivity index is 1.83. The van der Waals surface area contributed by atoms with E-state index in [9.17, 15) is 14.7 Å². The first-order valence-electron chi connectivity index (χ1n) is 11.8. The van der Waals surface area contributed by atoms with E-state index in [1.165, 1.54) is 4.90 Å². The van der Waals surface area contributed by atoms with E-state index in [1.807, 2.05) is 38.1 Å². The zero-order chi connectivity index (χ0) is 25.1. The summed E-state index contributed by atoms with van der Waals surface area (Å²) in [6.07, 6.45) is 3.22. The second-order valence-electron chi connectivity index (χ2n) is 9.43. The molecular weight excluding hydrogens is 440 g/mol. The lowest BCUT2D eigenvalue weighted by Gasteiger charge is -2.25. The van der Waals surface area contributed by atoms with Gasteiger partial charge in [-0.25, -0.2) is 0 Å². The van der Waals surface area contributed by atoms with Crippen LogP contribution in [0.3, 0.4) is 0 Å². The molecule has 1 aromatic heterocycles. The summed E-state index contributed by atoms with van der Waals surface area (Å²) in [6.45, 7) is 8.81. The molecule has 1 aliphatic rings. The van der Waals surface area contributed by atoms with Crippen LogP contribution in [0.4, 0.5) is 5.69 Å². The summed E-state index contributed by atoms with van der Waals surface area (Å²) < 4.78 is 5.80. The van der Waals surface area contributed by atoms with Crippen LogP contribution in [0.2, 0.25) is 0 Å². The molecule has 1 saturated heterocycles. The fourth-order valence-corrected chi connectivity index (χ4v) is 4.13. The maximum absolute atomic E-state index is 13.3. The Morgan fingerprint density at radius 2 is 1.69 bits per heavy atom. The van der Waals surface area contributed by atoms with Gasteiger partial charge in [0.15, 0.2) is 0 Å². The number of carbonyl (C=O) groups excluding carboxylic acids is 2. The Morgan fingerprint density at radius 3 is 2.31 bits per heavy atom. The average molecular weight is 471 g/mol. The molecule has 0 bridgehead atoms. The lowest BCUT2D eigenvalue weighted by Crippen LogP contribution is -2.29. The number of nitrogens with zero attached hydrogens (tertiary/aromatic N) is 2. The molecule has 1 fully saturated rings. The number of aliphatic hydroxyl groups excluding tert-OH is 1. The number of Topliss-reactive ketones (excluding diaryl/α,β-unsaturated/α-hetero) is 1. The monoisotopic (exact) mass is 470 g/mol. The van der Waals surface area contributed by atoms with Gasteiger partial charge in [-0.2, -0.15) is 0 Å². The number of rotatable bonds is 7. The molecule has 0 radical (unpaired) electrons. The number of carbonyl (C=O) groups is 2. The van der Waals surface area contributed by atoms with Gasteiger partial charge in [-0.3, -0.25) is 19.5 Å². The highest BCUT2D eigenvalue weighted by molar-refractivity contribution is 6.51. The van der Waals surface area contributed by atoms with Crippen molar-refractivity contribution in [1.82, 2.24) is 4.98 Å². The van der Waals surface area contributed by atoms with Crippen molar-refractivity contribution in [1.29, 1.82) is 0 Å². The van der Waals surface area contributed by atoms with Crippen LogP contribution in [-0.4, -0.2) is 28.4 Å². The first-order valence-corrected chi connectivity index (χ1v) is 11.8. The summed E-state index contributed by atoms with van der Waals surface area (Å²) in [5.41, 5.74) is 2.85. The third-order valence-corrected chi connectivity index (χ3v) is 5.99. The van der Waals surface area contributed by atoms with Crippen molar-refractivity contribution in [3.05, 3.63) is 95.3 Å². The first-order chi connectivity index (χ1) is 16.8. The van der Waals surface area contributed by atoms with Crippen LogP contribution in [0.15, 0.2) is 78.6 Å². The molecule has 35 heavy (non-hydrogen) atoms. The fraction of sp³-hybridized carbons (Fsp3) is 0.276. The zero-order valence-corrected chi connectivity index (χ0v) is 20.4. The molecule has 1 aliphatic heterocycles. The van der Waals surface area contributed by atoms with Gasteiger partial charge < -0.3 is 9.84 Å². The van der Waals surface area contributed by atoms with E-state index in [-0.39, 0.29) is 11.3 Å². The van der Waals surface area contributed by atoms with Gasteiger partial charge in [0.1, 0.15) is 11.5 Å². The molecule has 0 aliphatic carbocycles. The van der Waals surface area contributed by atoms with Gasteiger partial charge in [-0.15, -0.1) is 0 Å². The van der Waals surface area contributed by atoms with Crippen molar-refractivity contribution < 1.29 is 19.4 Å². The molecule has 3 aromatic rings. The molecule has 0 spiro atoms. The maximum atomic E-state index is 13.3. The molecule has 1 amide bonds. The van der Waals surface area contributed by atoms with Crippen LogP contribution in [-0.2, 0) is 9.59 Å². The largest absolute Gasteiger partial charge is 0.507 e. The lowest BCUT2D eigenvalue weighted by molar-refractivity contribution is -0.132. The minimum atomic E-state index is -0.789. The molecule has 2 heterocycles. The highest BCUT2D eigenvalue weighted by Crippen LogP contribution is 2.42. The quantitative estimate of drug-likeness (QED) is 0.266. The van der Waals surface area contributed by atoms with Crippen molar-refractivity contribution in [3.8, 4) is 5.75 Å². The van der Waals surface area contributed by atoms with E-state index in [4.69, 9.17) is 4.74 Å². The van der Waals surface area contributed by atoms with Crippen molar-refractivity contribution in [2.45, 2.75) is 39.7 Å². The summed E-state index contributed by atoms with van der Waals surface area (Å²) in [6, 6.07) is 17.3. The Morgan fingerprint density at radius 1 is 1.00 bits per heavy atom. The van der Waals surface area contributed by atoms with Crippen LogP contribution in [0.5, 0.6) is 5.75 Å². The number of hydrogen-bond donors (Lipinski definition) is 1. The van der Waals surface area contributed by atoms with E-state index in [0.29, 0.717) is 41.0 Å². The van der Waals surface area contributed by atoms with Crippen molar-refractivity contribution in [3.63, 3.8) is 0 Å². The lowest BCUT2D eigenvalue weighted by atomic mass is 9.95. The van der Waals surface area contributed by atoms with Gasteiger partial charge in [0.2, 0.25) is 0 Å². The third-order valence-electron chi connectivity index (χ3n) is 5.99. The Hall–Kier alpha value is -3.93. The van der Waals surface area contributed by atoms with Gasteiger partial charge in [0.25, 0.3) is 11.7 Å². The SMILES string of the molecule is CC(C)COc1cccc(/C(O)=C2/C(=O)C(=O)N(c3ccc(C(C)C)cc3)C2c2ccncc2)c1. The van der Waals surface area contributed by atoms with Crippen molar-refractivity contribution in [2.75, 3.05) is 11.5 Å². The number of amides is 1. The van der Waals surface area contributed by atoms with Crippen LogP contribution in [0.1, 0.15) is 56.3 Å². The predicted octanol–water partition coefficient (Wildman–Crippen LogP) is 5.87. The smallest absolute Gasteiger partial charge is 0.300 e. The Bertz CT molecular complexity index is 1250. The second-order valence-corrected chi connectivity index (χ2v) is 9.43. The van der Waals surface area contributed by atoms with Gasteiger partial charge in [0.05, 0.1) is 18.2 Å². The molecule has 6 heteroatoms. The van der Waals surface area contributed by atoms with Crippen LogP contribution < -0.4 is 9.64 Å². The number of ketones is 1. The minimum Gasteiger partial charge on any atom is -0.507 e. The number of hydrogen-bond acceptors (Lipinski definition) is 5. The van der Waals surface area contributed by atoms with E-state index >= 15 is 0 Å². The van der Waals surface area contributed by atoms with Gasteiger partial charge >= 0.3 is 0 Å². The van der Waals surface area contributed by atoms with Gasteiger partial charge in [0, 0.05) is 23.6 Å². The molecule has 1 atom stereocenters. The molecule has 1 unspecified atom stereocenters. The van der Waals surface area contributed by atoms with Gasteiger partial charge in [-0.05, 0) is 59.4 Å². The topological polar surface area (TPSA) is 79.7 Å². The average Bonchev–Trinajstić information content (AvgIpc) is 3.13. The summed E-state index contributed by atoms with van der Waals surface area (Å²) in [4.78, 5) is 32.1. The van der Waals surface area contributed by atoms with Crippen LogP contribution in [0, 0.1) is 5.92 Å². The summed E-state index contributed by atoms with van der Waals surface area (Å²) in [5.74, 6) is -0.390. The number of anilines is 1. The number of ether oxygens (including phenoxy) is 1. The maximum Gasteiger partial charge on any atom is 0.300 e. The van der Waals surface area contributed by atoms with Gasteiger partial charge in [-0.1, -0.05) is 52.0 Å². The van der Waals surface area contributed by atoms with E-state index in [0.717, 1.165) is 5.56 Å². The molecule has 2 aromatic carbocycles. The van der Waals surface area contributed by atoms with E-state index < -0.39 is 17.7 Å². The summed E-state index contributed by atoms with van der Waals surface area (Å²) in [7, 11) is 0. The second kappa shape index (κ2) is 10.1. The molecular formula is C29H30N2O4. The predicted molar refractivity (Wildman–Crippen MR) is 136 cm³/mol. The number of aromatic nitrogens is 1. The number of benzene rings is 2. The minimum absolute atomic E-state index is 0.0372. The van der Waals surface area contributed by atoms with Crippen LogP contribution >= 0.6 is 0 Å². The normalized spacial score (nSPS) is 17.4. The zero-order valence-electron chi connectivity index (χ0n) is 20.4. The molecule has 1 N–H and O–H groups in total. The van der Waals surface area contributed by atoms with Crippen LogP contribution in [0.25, 0.3) is 5.76 Å². The first kappa shape index (κ1) is 24.2. The highest BCUT2D eigenvalue weighted by atomic mass is 16.5. The summed E-state index contributed by atoms with van der Waals surface area (Å²) >= 11 is 0. The Kier molecular flexibility index (Phi) is 7.01. The van der Waals surface area contributed by atoms with Crippen molar-refractivity contribution in [2.24, 2.45) is 5.92 Å². The fourth-order valence-electron chi connectivity index (χ4n) is 4.13. The highest BCUT2D eigenvalue weighted by Gasteiger charge is 2.47. The van der Waals surface area contributed by atoms with Crippen molar-refractivity contribution >= 4 is 23.1 Å². The molecule has 4 rings (SSSR count). The standard InChI is InChI=1S/C29H30N2O4/c1-18(2)17-35-24-7-5-6-22(16-24)27(32)25-26(21-12-14-30-15-13-21)31(29(34)28(25)33)23-10-8-20(9-11-23)19(3)4/h5-16,18-19,26,32H,17H2,1-4H3/b27-25-. The van der Waals surface area contributed by atoms with E-state index in [2.05, 4.69) is 18.8 Å². The molecule has 6 nitrogen and oxygen atoms in total. The number of pyridine rings is 1.